The van der Waals surface area contributed by atoms with Gasteiger partial charge in [0.05, 0.1) is 36.3 Å². The van der Waals surface area contributed by atoms with Crippen molar-refractivity contribution in [3.8, 4) is 5.75 Å². The van der Waals surface area contributed by atoms with Gasteiger partial charge in [-0.2, -0.15) is 10.2 Å². The van der Waals surface area contributed by atoms with Crippen molar-refractivity contribution in [1.82, 2.24) is 19.7 Å². The second kappa shape index (κ2) is 15.7. The van der Waals surface area contributed by atoms with E-state index in [1.54, 1.807) is 90.9 Å². The maximum absolute atomic E-state index is 14.6. The zero-order chi connectivity index (χ0) is 38.8. The van der Waals surface area contributed by atoms with Crippen LogP contribution in [-0.4, -0.2) is 82.3 Å². The predicted octanol–water partition coefficient (Wildman–Crippen LogP) is 4.96. The summed E-state index contributed by atoms with van der Waals surface area (Å²) in [6.45, 7) is 13.6. The highest BCUT2D eigenvalue weighted by Gasteiger charge is 2.60. The second-order valence-electron chi connectivity index (χ2n) is 15.5. The third kappa shape index (κ3) is 9.54. The molecule has 0 bridgehead atoms. The Morgan fingerprint density at radius 2 is 1.64 bits per heavy atom. The summed E-state index contributed by atoms with van der Waals surface area (Å²) in [7, 11) is -4.44. The Labute approximate surface area is 308 Å². The number of hydrogen-bond acceptors (Lipinski definition) is 14. The van der Waals surface area contributed by atoms with Crippen LogP contribution in [0.4, 0.5) is 5.82 Å². The van der Waals surface area contributed by atoms with Gasteiger partial charge in [-0.1, -0.05) is 18.2 Å². The van der Waals surface area contributed by atoms with Crippen LogP contribution in [0.2, 0.25) is 0 Å². The van der Waals surface area contributed by atoms with E-state index in [2.05, 4.69) is 15.2 Å². The molecule has 16 nitrogen and oxygen atoms in total. The van der Waals surface area contributed by atoms with Crippen molar-refractivity contribution in [2.75, 3.05) is 25.6 Å². The number of rotatable bonds is 12. The number of nitrogens with two attached hydrogens (primary N) is 1. The highest BCUT2D eigenvalue weighted by Crippen LogP contribution is 2.50. The van der Waals surface area contributed by atoms with Crippen LogP contribution in [0.1, 0.15) is 80.0 Å². The van der Waals surface area contributed by atoms with Gasteiger partial charge in [0, 0.05) is 12.8 Å². The fourth-order valence-corrected chi connectivity index (χ4v) is 7.23. The molecule has 0 amide bonds. The van der Waals surface area contributed by atoms with Gasteiger partial charge in [-0.25, -0.2) is 14.1 Å². The smallest absolute Gasteiger partial charge is 0.459 e. The molecule has 6 atom stereocenters. The zero-order valence-corrected chi connectivity index (χ0v) is 32.3. The van der Waals surface area contributed by atoms with Gasteiger partial charge in [-0.3, -0.25) is 18.9 Å². The number of aromatic nitrogens is 3. The van der Waals surface area contributed by atoms with Crippen LogP contribution in [0.3, 0.4) is 0 Å². The Morgan fingerprint density at radius 3 is 2.28 bits per heavy atom. The molecule has 1 unspecified atom stereocenters. The molecule has 4 heterocycles. The van der Waals surface area contributed by atoms with Crippen LogP contribution >= 0.6 is 7.75 Å². The molecule has 2 aromatic heterocycles. The molecule has 17 heteroatoms. The summed E-state index contributed by atoms with van der Waals surface area (Å²) < 4.78 is 58.1. The number of para-hydroxylation sites is 1. The second-order valence-corrected chi connectivity index (χ2v) is 17.2. The van der Waals surface area contributed by atoms with Crippen molar-refractivity contribution >= 4 is 37.0 Å². The van der Waals surface area contributed by atoms with Gasteiger partial charge >= 0.3 is 25.7 Å². The molecule has 0 saturated carbocycles. The fraction of sp³-hybridized carbons (Fsp3) is 0.583. The lowest BCUT2D eigenvalue weighted by atomic mass is 9.93. The summed E-state index contributed by atoms with van der Waals surface area (Å²) >= 11 is 0. The van der Waals surface area contributed by atoms with E-state index in [1.165, 1.54) is 17.8 Å². The molecule has 2 aliphatic heterocycles. The van der Waals surface area contributed by atoms with Gasteiger partial charge in [-0.15, -0.1) is 0 Å². The lowest BCUT2D eigenvalue weighted by Crippen LogP contribution is -2.50. The average molecular weight is 760 g/mol. The molecule has 3 N–H and O–H groups in total. The van der Waals surface area contributed by atoms with E-state index in [0.29, 0.717) is 37.3 Å². The van der Waals surface area contributed by atoms with Crippen LogP contribution in [-0.2, 0) is 47.2 Å². The summed E-state index contributed by atoms with van der Waals surface area (Å²) in [6.07, 6.45) is -1.66. The van der Waals surface area contributed by atoms with Gasteiger partial charge in [0.25, 0.3) is 0 Å². The third-order valence-electron chi connectivity index (χ3n) is 8.75. The highest BCUT2D eigenvalue weighted by molar-refractivity contribution is 7.52. The summed E-state index contributed by atoms with van der Waals surface area (Å²) in [4.78, 5) is 44.3. The van der Waals surface area contributed by atoms with Gasteiger partial charge in [-0.05, 0) is 79.7 Å². The van der Waals surface area contributed by atoms with Crippen LogP contribution in [0.15, 0.2) is 48.8 Å². The van der Waals surface area contributed by atoms with Crippen molar-refractivity contribution in [3.05, 3.63) is 54.5 Å². The third-order valence-corrected chi connectivity index (χ3v) is 10.4. The van der Waals surface area contributed by atoms with Crippen LogP contribution < -0.4 is 15.3 Å². The Balaban J connectivity index is 1.51. The number of hydrogen-bond donors (Lipinski definition) is 2. The van der Waals surface area contributed by atoms with Crippen LogP contribution in [0, 0.1) is 10.8 Å². The average Bonchev–Trinajstić information content (AvgIpc) is 3.63. The standard InChI is InChI=1S/C36H50N5O11P/c1-22(31(42)48-23-16-18-46-19-17-23)40-53(45,52-24-12-10-9-11-13-24)47-20-36(8)29(50-33(44)35(5,6)7)28(49-32(43)34(2,3)4)27(51-36)25-14-15-26-30(37)38-21-39-41(25)26/h9-15,21-23,27-29H,16-20H2,1-8H3,(H,40,45)(H2,37,38,39)/t22-,27-,28-,29-,36+,53?/m0/s1. The van der Waals surface area contributed by atoms with E-state index in [1.807, 2.05) is 0 Å². The first kappa shape index (κ1) is 40.1. The normalized spacial score (nSPS) is 24.3. The van der Waals surface area contributed by atoms with Crippen molar-refractivity contribution in [2.45, 2.75) is 104 Å². The van der Waals surface area contributed by atoms with Gasteiger partial charge < -0.3 is 33.9 Å². The van der Waals surface area contributed by atoms with Gasteiger partial charge in [0.1, 0.15) is 41.4 Å². The summed E-state index contributed by atoms with van der Waals surface area (Å²) in [6, 6.07) is 10.5. The lowest BCUT2D eigenvalue weighted by Gasteiger charge is -2.34. The topological polar surface area (TPSA) is 201 Å². The van der Waals surface area contributed by atoms with Crippen molar-refractivity contribution in [1.29, 1.82) is 0 Å². The molecular weight excluding hydrogens is 709 g/mol. The first-order valence-corrected chi connectivity index (χ1v) is 19.1. The molecule has 0 aliphatic carbocycles. The Hall–Kier alpha value is -4.08. The fourth-order valence-electron chi connectivity index (χ4n) is 5.64. The first-order chi connectivity index (χ1) is 24.8. The largest absolute Gasteiger partial charge is 0.461 e. The number of nitrogen functional groups attached to an aromatic ring is 1. The number of benzene rings is 1. The summed E-state index contributed by atoms with van der Waals surface area (Å²) in [5.74, 6) is -1.48. The molecule has 53 heavy (non-hydrogen) atoms. The van der Waals surface area contributed by atoms with E-state index in [9.17, 15) is 18.9 Å². The monoisotopic (exact) mass is 759 g/mol. The number of anilines is 1. The molecule has 2 fully saturated rings. The predicted molar refractivity (Wildman–Crippen MR) is 191 cm³/mol. The molecule has 2 saturated heterocycles. The van der Waals surface area contributed by atoms with Crippen LogP contribution in [0.5, 0.6) is 5.75 Å². The Kier molecular flexibility index (Phi) is 11.9. The van der Waals surface area contributed by atoms with E-state index in [4.69, 9.17) is 38.5 Å². The number of carbonyl (C=O) groups is 3. The minimum absolute atomic E-state index is 0.188. The molecule has 5 rings (SSSR count). The number of nitrogens with one attached hydrogen (secondary N) is 1. The zero-order valence-electron chi connectivity index (χ0n) is 31.4. The maximum atomic E-state index is 14.6. The van der Waals surface area contributed by atoms with Crippen LogP contribution in [0.25, 0.3) is 5.52 Å². The molecule has 290 valence electrons. The number of nitrogens with zero attached hydrogens (tertiary/aromatic N) is 3. The van der Waals surface area contributed by atoms with Gasteiger partial charge in [0.15, 0.2) is 18.0 Å². The molecule has 0 radical (unpaired) electrons. The van der Waals surface area contributed by atoms with E-state index in [-0.39, 0.29) is 17.7 Å². The first-order valence-electron chi connectivity index (χ1n) is 17.5. The number of fused-ring (bicyclic) bond motifs is 1. The molecular formula is C36H50N5O11P. The minimum atomic E-state index is -4.44. The van der Waals surface area contributed by atoms with E-state index < -0.39 is 73.0 Å². The highest BCUT2D eigenvalue weighted by atomic mass is 31.2. The molecule has 1 aromatic carbocycles. The van der Waals surface area contributed by atoms with Crippen molar-refractivity contribution in [2.24, 2.45) is 10.8 Å². The number of ether oxygens (including phenoxy) is 5. The van der Waals surface area contributed by atoms with Crippen molar-refractivity contribution in [3.63, 3.8) is 0 Å². The summed E-state index contributed by atoms with van der Waals surface area (Å²) in [5, 5.41) is 7.05. The molecule has 0 spiro atoms. The number of carbonyl (C=O) groups excluding carboxylic acids is 3. The van der Waals surface area contributed by atoms with E-state index in [0.717, 1.165) is 0 Å². The van der Waals surface area contributed by atoms with Crippen molar-refractivity contribution < 1.29 is 51.7 Å². The van der Waals surface area contributed by atoms with E-state index >= 15 is 0 Å². The Bertz CT molecular complexity index is 1820. The SMILES string of the molecule is C[C@H](NP(=O)(OC[C@@]1(C)O[C@@H](c2ccc3c(N)ncnn23)[C@H](OC(=O)C(C)(C)C)[C@@H]1OC(=O)C(C)(C)C)Oc1ccccc1)C(=O)OC1CCOCC1. The number of esters is 3. The Morgan fingerprint density at radius 1 is 1.00 bits per heavy atom. The molecule has 3 aromatic rings. The quantitative estimate of drug-likeness (QED) is 0.142. The lowest BCUT2D eigenvalue weighted by molar-refractivity contribution is -0.181. The molecule has 2 aliphatic rings. The maximum Gasteiger partial charge on any atom is 0.459 e. The van der Waals surface area contributed by atoms with Gasteiger partial charge in [0.2, 0.25) is 0 Å². The minimum Gasteiger partial charge on any atom is -0.461 e. The summed E-state index contributed by atoms with van der Waals surface area (Å²) in [5.41, 5.74) is 3.44.